The van der Waals surface area contributed by atoms with E-state index in [0.29, 0.717) is 13.2 Å². The molecule has 3 aromatic rings. The predicted octanol–water partition coefficient (Wildman–Crippen LogP) is 4.87. The largest absolute Gasteiger partial charge is 0.375 e. The molecule has 0 bridgehead atoms. The zero-order chi connectivity index (χ0) is 23.9. The number of fused-ring (bicyclic) bond motifs is 1. The van der Waals surface area contributed by atoms with Crippen LogP contribution in [0.25, 0.3) is 11.0 Å². The number of nitrogens with one attached hydrogen (secondary N) is 1. The second-order valence-electron chi connectivity index (χ2n) is 10.5. The van der Waals surface area contributed by atoms with Gasteiger partial charge in [-0.05, 0) is 84.7 Å². The van der Waals surface area contributed by atoms with Crippen LogP contribution in [0, 0.1) is 12.3 Å². The number of benzene rings is 1. The number of ether oxygens (including phenoxy) is 1. The first-order valence-electron chi connectivity index (χ1n) is 12.1. The van der Waals surface area contributed by atoms with E-state index in [2.05, 4.69) is 61.6 Å². The average molecular weight is 451 g/mol. The fourth-order valence-electron chi connectivity index (χ4n) is 5.53. The van der Waals surface area contributed by atoms with Crippen molar-refractivity contribution in [1.82, 2.24) is 19.4 Å². The van der Waals surface area contributed by atoms with Gasteiger partial charge in [-0.25, -0.2) is 4.79 Å². The SMILES string of the molecule is CCOC(C)(C)[C@]1(CCn2c(=O)[nH]c3ccccc32)CCN(C(C)(C)c2ccc(C)nc2)C1. The summed E-state index contributed by atoms with van der Waals surface area (Å²) in [5.41, 5.74) is 3.56. The Labute approximate surface area is 197 Å². The molecule has 3 heterocycles. The molecule has 0 amide bonds. The van der Waals surface area contributed by atoms with Crippen molar-refractivity contribution >= 4 is 11.0 Å². The quantitative estimate of drug-likeness (QED) is 0.532. The van der Waals surface area contributed by atoms with Crippen molar-refractivity contribution in [1.29, 1.82) is 0 Å². The van der Waals surface area contributed by atoms with Crippen LogP contribution < -0.4 is 5.69 Å². The Kier molecular flexibility index (Phi) is 6.27. The van der Waals surface area contributed by atoms with Crippen molar-refractivity contribution in [2.45, 2.75) is 72.1 Å². The molecule has 0 saturated carbocycles. The van der Waals surface area contributed by atoms with Gasteiger partial charge in [0.25, 0.3) is 0 Å². The van der Waals surface area contributed by atoms with Gasteiger partial charge in [-0.15, -0.1) is 0 Å². The van der Waals surface area contributed by atoms with Crippen LogP contribution in [-0.4, -0.2) is 44.7 Å². The van der Waals surface area contributed by atoms with Crippen LogP contribution in [0.5, 0.6) is 0 Å². The Hall–Kier alpha value is -2.44. The van der Waals surface area contributed by atoms with Crippen molar-refractivity contribution in [2.24, 2.45) is 5.41 Å². The normalized spacial score (nSPS) is 20.1. The van der Waals surface area contributed by atoms with E-state index in [1.807, 2.05) is 42.0 Å². The minimum Gasteiger partial charge on any atom is -0.375 e. The fraction of sp³-hybridized carbons (Fsp3) is 0.556. The zero-order valence-electron chi connectivity index (χ0n) is 20.9. The van der Waals surface area contributed by atoms with Crippen LogP contribution in [-0.2, 0) is 16.8 Å². The van der Waals surface area contributed by atoms with Crippen LogP contribution in [0.4, 0.5) is 0 Å². The van der Waals surface area contributed by atoms with Crippen molar-refractivity contribution < 1.29 is 4.74 Å². The van der Waals surface area contributed by atoms with Gasteiger partial charge in [-0.3, -0.25) is 14.5 Å². The van der Waals surface area contributed by atoms with Gasteiger partial charge in [0.2, 0.25) is 0 Å². The van der Waals surface area contributed by atoms with E-state index in [1.165, 1.54) is 5.56 Å². The van der Waals surface area contributed by atoms with Crippen LogP contribution in [0.1, 0.15) is 58.7 Å². The van der Waals surface area contributed by atoms with Crippen LogP contribution in [0.3, 0.4) is 0 Å². The Bertz CT molecular complexity index is 1160. The first-order valence-corrected chi connectivity index (χ1v) is 12.1. The molecule has 1 aromatic carbocycles. The Balaban J connectivity index is 1.64. The van der Waals surface area contributed by atoms with Gasteiger partial charge < -0.3 is 9.72 Å². The van der Waals surface area contributed by atoms with E-state index >= 15 is 0 Å². The highest BCUT2D eigenvalue weighted by atomic mass is 16.5. The van der Waals surface area contributed by atoms with Gasteiger partial charge in [0.15, 0.2) is 0 Å². The summed E-state index contributed by atoms with van der Waals surface area (Å²) in [6, 6.07) is 12.2. The topological polar surface area (TPSA) is 63.1 Å². The molecular weight excluding hydrogens is 412 g/mol. The molecule has 1 atom stereocenters. The third-order valence-electron chi connectivity index (χ3n) is 8.04. The summed E-state index contributed by atoms with van der Waals surface area (Å²) in [7, 11) is 0. The summed E-state index contributed by atoms with van der Waals surface area (Å²) in [6.45, 7) is 16.3. The Morgan fingerprint density at radius 3 is 2.61 bits per heavy atom. The van der Waals surface area contributed by atoms with E-state index in [4.69, 9.17) is 4.74 Å². The number of aryl methyl sites for hydroxylation is 2. The van der Waals surface area contributed by atoms with Gasteiger partial charge >= 0.3 is 5.69 Å². The minimum absolute atomic E-state index is 0.0403. The molecule has 1 saturated heterocycles. The molecular formula is C27H38N4O2. The molecule has 1 fully saturated rings. The maximum atomic E-state index is 12.7. The highest BCUT2D eigenvalue weighted by Crippen LogP contribution is 2.49. The van der Waals surface area contributed by atoms with E-state index in [1.54, 1.807) is 0 Å². The second kappa shape index (κ2) is 8.73. The lowest BCUT2D eigenvalue weighted by Crippen LogP contribution is -2.50. The molecule has 178 valence electrons. The van der Waals surface area contributed by atoms with Crippen LogP contribution >= 0.6 is 0 Å². The number of imidazole rings is 1. The molecule has 1 N–H and O–H groups in total. The number of rotatable bonds is 8. The molecule has 0 aliphatic carbocycles. The van der Waals surface area contributed by atoms with E-state index < -0.39 is 0 Å². The zero-order valence-corrected chi connectivity index (χ0v) is 20.9. The lowest BCUT2D eigenvalue weighted by Gasteiger charge is -2.46. The third kappa shape index (κ3) is 4.26. The number of pyridine rings is 1. The number of nitrogens with zero attached hydrogens (tertiary/aromatic N) is 3. The summed E-state index contributed by atoms with van der Waals surface area (Å²) in [6.07, 6.45) is 3.91. The highest BCUT2D eigenvalue weighted by Gasteiger charge is 2.52. The van der Waals surface area contributed by atoms with Crippen LogP contribution in [0.15, 0.2) is 47.4 Å². The number of hydrogen-bond acceptors (Lipinski definition) is 4. The van der Waals surface area contributed by atoms with Crippen molar-refractivity contribution in [3.63, 3.8) is 0 Å². The number of aromatic nitrogens is 3. The summed E-state index contributed by atoms with van der Waals surface area (Å²) >= 11 is 0. The van der Waals surface area contributed by atoms with E-state index in [-0.39, 0.29) is 22.2 Å². The van der Waals surface area contributed by atoms with E-state index in [0.717, 1.165) is 42.7 Å². The summed E-state index contributed by atoms with van der Waals surface area (Å²) in [5, 5.41) is 0. The lowest BCUT2D eigenvalue weighted by atomic mass is 9.70. The molecule has 33 heavy (non-hydrogen) atoms. The summed E-state index contributed by atoms with van der Waals surface area (Å²) < 4.78 is 8.24. The number of likely N-dealkylation sites (tertiary alicyclic amines) is 1. The molecule has 6 heteroatoms. The second-order valence-corrected chi connectivity index (χ2v) is 10.5. The summed E-state index contributed by atoms with van der Waals surface area (Å²) in [5.74, 6) is 0. The molecule has 1 aliphatic rings. The highest BCUT2D eigenvalue weighted by molar-refractivity contribution is 5.74. The van der Waals surface area contributed by atoms with E-state index in [9.17, 15) is 4.79 Å². The molecule has 6 nitrogen and oxygen atoms in total. The van der Waals surface area contributed by atoms with Crippen molar-refractivity contribution in [3.8, 4) is 0 Å². The predicted molar refractivity (Wildman–Crippen MR) is 134 cm³/mol. The van der Waals surface area contributed by atoms with Gasteiger partial charge in [-0.2, -0.15) is 0 Å². The number of hydrogen-bond donors (Lipinski definition) is 1. The smallest absolute Gasteiger partial charge is 0.326 e. The van der Waals surface area contributed by atoms with Crippen molar-refractivity contribution in [3.05, 3.63) is 64.3 Å². The number of para-hydroxylation sites is 2. The molecule has 4 rings (SSSR count). The monoisotopic (exact) mass is 450 g/mol. The van der Waals surface area contributed by atoms with Gasteiger partial charge in [0.1, 0.15) is 0 Å². The molecule has 0 spiro atoms. The molecule has 1 aliphatic heterocycles. The van der Waals surface area contributed by atoms with Crippen LogP contribution in [0.2, 0.25) is 0 Å². The third-order valence-corrected chi connectivity index (χ3v) is 8.04. The molecule has 0 unspecified atom stereocenters. The minimum atomic E-state index is -0.312. The number of H-pyrrole nitrogens is 1. The van der Waals surface area contributed by atoms with Crippen molar-refractivity contribution in [2.75, 3.05) is 19.7 Å². The average Bonchev–Trinajstić information content (AvgIpc) is 3.35. The maximum absolute atomic E-state index is 12.7. The first-order chi connectivity index (χ1) is 15.6. The molecule has 2 aromatic heterocycles. The molecule has 0 radical (unpaired) electrons. The lowest BCUT2D eigenvalue weighted by molar-refractivity contribution is -0.111. The Morgan fingerprint density at radius 2 is 1.91 bits per heavy atom. The standard InChI is InChI=1S/C27H38N4O2/c1-7-33-26(5,6)27(15-17-31-23-11-9-8-10-22(23)29-24(31)32)14-16-30(19-27)25(3,4)21-13-12-20(2)28-18-21/h8-13,18H,7,14-17,19H2,1-6H3,(H,29,32)/t27-/m0/s1. The van der Waals surface area contributed by atoms with Gasteiger partial charge in [-0.1, -0.05) is 18.2 Å². The maximum Gasteiger partial charge on any atom is 0.326 e. The fourth-order valence-corrected chi connectivity index (χ4v) is 5.53. The van der Waals surface area contributed by atoms with Gasteiger partial charge in [0.05, 0.1) is 16.6 Å². The first kappa shape index (κ1) is 23.7. The van der Waals surface area contributed by atoms with Gasteiger partial charge in [0, 0.05) is 42.5 Å². The Morgan fingerprint density at radius 1 is 1.15 bits per heavy atom. The summed E-state index contributed by atoms with van der Waals surface area (Å²) in [4.78, 5) is 22.8. The number of aromatic amines is 1.